The number of hydrogen-bond acceptors (Lipinski definition) is 4. The molecule has 5 heteroatoms. The molecule has 0 radical (unpaired) electrons. The fraction of sp³-hybridized carbons (Fsp3) is 0.353. The summed E-state index contributed by atoms with van der Waals surface area (Å²) in [6.07, 6.45) is 6.59. The van der Waals surface area contributed by atoms with E-state index in [-0.39, 0.29) is 35.5 Å². The lowest BCUT2D eigenvalue weighted by Crippen LogP contribution is -2.28. The van der Waals surface area contributed by atoms with Crippen molar-refractivity contribution in [3.8, 4) is 5.75 Å². The maximum Gasteiger partial charge on any atom is 0.254 e. The molecule has 4 rings (SSSR count). The molecule has 1 aromatic rings. The van der Waals surface area contributed by atoms with E-state index in [9.17, 15) is 9.59 Å². The van der Waals surface area contributed by atoms with Gasteiger partial charge in [-0.25, -0.2) is 0 Å². The van der Waals surface area contributed by atoms with Gasteiger partial charge in [-0.15, -0.1) is 0 Å². The first-order valence-corrected chi connectivity index (χ1v) is 7.44. The SMILES string of the molecule is COc1ccccc1/C=N/N1C(=O)C2C3C=CC(C3)C2C1=O. The van der Waals surface area contributed by atoms with Gasteiger partial charge in [-0.3, -0.25) is 9.59 Å². The summed E-state index contributed by atoms with van der Waals surface area (Å²) in [4.78, 5) is 25.0. The molecule has 2 amide bonds. The van der Waals surface area contributed by atoms with Gasteiger partial charge >= 0.3 is 0 Å². The Balaban J connectivity index is 1.61. The lowest BCUT2D eigenvalue weighted by Gasteiger charge is -2.13. The van der Waals surface area contributed by atoms with Crippen LogP contribution in [0.5, 0.6) is 5.75 Å². The Bertz CT molecular complexity index is 680. The molecule has 0 spiro atoms. The number of carbonyl (C=O) groups is 2. The Kier molecular flexibility index (Phi) is 2.89. The van der Waals surface area contributed by atoms with E-state index in [1.165, 1.54) is 6.21 Å². The molecule has 1 saturated carbocycles. The molecular formula is C17H16N2O3. The van der Waals surface area contributed by atoms with Crippen molar-refractivity contribution in [3.63, 3.8) is 0 Å². The number of allylic oxidation sites excluding steroid dienone is 2. The number of rotatable bonds is 3. The predicted molar refractivity (Wildman–Crippen MR) is 80.2 cm³/mol. The highest BCUT2D eigenvalue weighted by molar-refractivity contribution is 6.06. The maximum absolute atomic E-state index is 12.5. The molecular weight excluding hydrogens is 280 g/mol. The Morgan fingerprint density at radius 3 is 2.41 bits per heavy atom. The van der Waals surface area contributed by atoms with Gasteiger partial charge in [-0.05, 0) is 30.4 Å². The van der Waals surface area contributed by atoms with E-state index in [1.54, 1.807) is 7.11 Å². The molecule has 1 saturated heterocycles. The van der Waals surface area contributed by atoms with Crippen molar-refractivity contribution < 1.29 is 14.3 Å². The van der Waals surface area contributed by atoms with Crippen LogP contribution in [-0.4, -0.2) is 30.1 Å². The van der Waals surface area contributed by atoms with Gasteiger partial charge in [0.05, 0.1) is 25.2 Å². The first-order chi connectivity index (χ1) is 10.7. The highest BCUT2D eigenvalue weighted by atomic mass is 16.5. The monoisotopic (exact) mass is 296 g/mol. The van der Waals surface area contributed by atoms with Crippen molar-refractivity contribution in [2.24, 2.45) is 28.8 Å². The summed E-state index contributed by atoms with van der Waals surface area (Å²) in [5.74, 6) is 0.314. The Morgan fingerprint density at radius 2 is 1.77 bits per heavy atom. The lowest BCUT2D eigenvalue weighted by atomic mass is 9.85. The Morgan fingerprint density at radius 1 is 1.14 bits per heavy atom. The second-order valence-corrected chi connectivity index (χ2v) is 5.97. The van der Waals surface area contributed by atoms with Crippen molar-refractivity contribution in [2.45, 2.75) is 6.42 Å². The molecule has 2 fully saturated rings. The minimum Gasteiger partial charge on any atom is -0.496 e. The van der Waals surface area contributed by atoms with Gasteiger partial charge in [0, 0.05) is 5.56 Å². The smallest absolute Gasteiger partial charge is 0.254 e. The third-order valence-corrected chi connectivity index (χ3v) is 4.90. The maximum atomic E-state index is 12.5. The summed E-state index contributed by atoms with van der Waals surface area (Å²) < 4.78 is 5.24. The molecule has 4 unspecified atom stereocenters. The number of carbonyl (C=O) groups excluding carboxylic acids is 2. The third-order valence-electron chi connectivity index (χ3n) is 4.90. The summed E-state index contributed by atoms with van der Waals surface area (Å²) >= 11 is 0. The van der Waals surface area contributed by atoms with Crippen molar-refractivity contribution in [1.82, 2.24) is 5.01 Å². The second kappa shape index (κ2) is 4.80. The fourth-order valence-electron chi connectivity index (χ4n) is 3.89. The van der Waals surface area contributed by atoms with E-state index < -0.39 is 0 Å². The van der Waals surface area contributed by atoms with Gasteiger partial charge in [0.2, 0.25) is 0 Å². The number of methoxy groups -OCH3 is 1. The van der Waals surface area contributed by atoms with Crippen LogP contribution in [0.25, 0.3) is 0 Å². The first-order valence-electron chi connectivity index (χ1n) is 7.44. The molecule has 4 atom stereocenters. The zero-order valence-electron chi connectivity index (χ0n) is 12.2. The predicted octanol–water partition coefficient (Wildman–Crippen LogP) is 1.84. The minimum absolute atomic E-state index is 0.169. The van der Waals surface area contributed by atoms with Crippen LogP contribution in [-0.2, 0) is 9.59 Å². The van der Waals surface area contributed by atoms with E-state index in [0.29, 0.717) is 5.75 Å². The number of ether oxygens (including phenoxy) is 1. The molecule has 22 heavy (non-hydrogen) atoms. The summed E-state index contributed by atoms with van der Waals surface area (Å²) in [6.45, 7) is 0. The molecule has 0 aromatic heterocycles. The van der Waals surface area contributed by atoms with E-state index in [2.05, 4.69) is 17.3 Å². The zero-order chi connectivity index (χ0) is 15.3. The third kappa shape index (κ3) is 1.75. The van der Waals surface area contributed by atoms with Crippen LogP contribution < -0.4 is 4.74 Å². The highest BCUT2D eigenvalue weighted by Gasteiger charge is 2.59. The van der Waals surface area contributed by atoms with Crippen LogP contribution in [0.2, 0.25) is 0 Å². The zero-order valence-corrected chi connectivity index (χ0v) is 12.2. The molecule has 0 N–H and O–H groups in total. The van der Waals surface area contributed by atoms with Gasteiger partial charge in [0.1, 0.15) is 5.75 Å². The van der Waals surface area contributed by atoms with Gasteiger partial charge in [-0.2, -0.15) is 10.1 Å². The number of hydrogen-bond donors (Lipinski definition) is 0. The van der Waals surface area contributed by atoms with Gasteiger partial charge < -0.3 is 4.74 Å². The van der Waals surface area contributed by atoms with Gasteiger partial charge in [0.15, 0.2) is 0 Å². The normalized spacial score (nSPS) is 32.3. The van der Waals surface area contributed by atoms with E-state index in [4.69, 9.17) is 4.74 Å². The molecule has 3 aliphatic rings. The quantitative estimate of drug-likeness (QED) is 0.486. The van der Waals surface area contributed by atoms with Crippen molar-refractivity contribution in [3.05, 3.63) is 42.0 Å². The second-order valence-electron chi connectivity index (χ2n) is 5.97. The number of nitrogens with zero attached hydrogens (tertiary/aromatic N) is 2. The Labute approximate surface area is 128 Å². The van der Waals surface area contributed by atoms with E-state index in [0.717, 1.165) is 17.0 Å². The highest BCUT2D eigenvalue weighted by Crippen LogP contribution is 2.52. The van der Waals surface area contributed by atoms with Crippen molar-refractivity contribution >= 4 is 18.0 Å². The van der Waals surface area contributed by atoms with Crippen molar-refractivity contribution in [1.29, 1.82) is 0 Å². The van der Waals surface area contributed by atoms with Crippen LogP contribution in [0, 0.1) is 23.7 Å². The summed E-state index contributed by atoms with van der Waals surface area (Å²) in [5, 5.41) is 5.19. The lowest BCUT2D eigenvalue weighted by molar-refractivity contribution is -0.140. The topological polar surface area (TPSA) is 59.0 Å². The van der Waals surface area contributed by atoms with E-state index >= 15 is 0 Å². The molecule has 2 aliphatic carbocycles. The summed E-state index contributed by atoms with van der Waals surface area (Å²) in [6, 6.07) is 7.36. The average Bonchev–Trinajstić information content (AvgIpc) is 3.21. The van der Waals surface area contributed by atoms with Crippen LogP contribution in [0.15, 0.2) is 41.5 Å². The fourth-order valence-corrected chi connectivity index (χ4v) is 3.89. The van der Waals surface area contributed by atoms with Crippen LogP contribution in [0.1, 0.15) is 12.0 Å². The summed E-state index contributed by atoms with van der Waals surface area (Å²) in [7, 11) is 1.58. The first kappa shape index (κ1) is 13.2. The molecule has 1 heterocycles. The van der Waals surface area contributed by atoms with Crippen LogP contribution in [0.4, 0.5) is 0 Å². The number of imide groups is 1. The molecule has 1 aromatic carbocycles. The minimum atomic E-state index is -0.211. The van der Waals surface area contributed by atoms with Crippen LogP contribution >= 0.6 is 0 Å². The Hall–Kier alpha value is -2.43. The number of amides is 2. The van der Waals surface area contributed by atoms with Gasteiger partial charge in [0.25, 0.3) is 11.8 Å². The standard InChI is InChI=1S/C17H16N2O3/c1-22-13-5-3-2-4-12(13)9-18-19-16(20)14-10-6-7-11(8-10)15(14)17(19)21/h2-7,9-11,14-15H,8H2,1H3/b18-9+. The summed E-state index contributed by atoms with van der Waals surface area (Å²) in [5.41, 5.74) is 0.740. The average molecular weight is 296 g/mol. The molecule has 1 aliphatic heterocycles. The number of fused-ring (bicyclic) bond motifs is 5. The largest absolute Gasteiger partial charge is 0.496 e. The van der Waals surface area contributed by atoms with Crippen LogP contribution in [0.3, 0.4) is 0 Å². The number of para-hydroxylation sites is 1. The molecule has 5 nitrogen and oxygen atoms in total. The van der Waals surface area contributed by atoms with Crippen molar-refractivity contribution in [2.75, 3.05) is 7.11 Å². The van der Waals surface area contributed by atoms with E-state index in [1.807, 2.05) is 24.3 Å². The molecule has 112 valence electrons. The molecule has 2 bridgehead atoms. The van der Waals surface area contributed by atoms with Gasteiger partial charge in [-0.1, -0.05) is 24.3 Å². The number of hydrazone groups is 1. The number of benzene rings is 1.